The van der Waals surface area contributed by atoms with Crippen LogP contribution in [0.15, 0.2) is 10.8 Å². The van der Waals surface area contributed by atoms with E-state index in [1.165, 1.54) is 0 Å². The Kier molecular flexibility index (Phi) is 2.45. The molecule has 1 aromatic rings. The van der Waals surface area contributed by atoms with Gasteiger partial charge in [0, 0.05) is 12.7 Å². The SMILES string of the molecule is CCc1conc1COC. The smallest absolute Gasteiger partial charge is 0.127 e. The van der Waals surface area contributed by atoms with E-state index in [9.17, 15) is 0 Å². The first-order valence-electron chi connectivity index (χ1n) is 3.29. The predicted octanol–water partition coefficient (Wildman–Crippen LogP) is 1.38. The number of nitrogens with zero attached hydrogens (tertiary/aromatic N) is 1. The lowest BCUT2D eigenvalue weighted by Gasteiger charge is -1.93. The lowest BCUT2D eigenvalue weighted by molar-refractivity contribution is 0.176. The molecule has 56 valence electrons. The van der Waals surface area contributed by atoms with Gasteiger partial charge in [-0.2, -0.15) is 0 Å². The predicted molar refractivity (Wildman–Crippen MR) is 36.6 cm³/mol. The van der Waals surface area contributed by atoms with E-state index >= 15 is 0 Å². The van der Waals surface area contributed by atoms with Crippen molar-refractivity contribution in [1.82, 2.24) is 5.16 Å². The largest absolute Gasteiger partial charge is 0.378 e. The molecule has 0 aliphatic carbocycles. The summed E-state index contributed by atoms with van der Waals surface area (Å²) in [7, 11) is 1.65. The minimum absolute atomic E-state index is 0.541. The Labute approximate surface area is 60.0 Å². The summed E-state index contributed by atoms with van der Waals surface area (Å²) >= 11 is 0. The van der Waals surface area contributed by atoms with Gasteiger partial charge in [-0.25, -0.2) is 0 Å². The number of ether oxygens (including phenoxy) is 1. The van der Waals surface area contributed by atoms with Crippen molar-refractivity contribution in [2.75, 3.05) is 7.11 Å². The van der Waals surface area contributed by atoms with Gasteiger partial charge in [0.25, 0.3) is 0 Å². The van der Waals surface area contributed by atoms with Crippen molar-refractivity contribution >= 4 is 0 Å². The number of aryl methyl sites for hydroxylation is 1. The molecule has 0 spiro atoms. The maximum absolute atomic E-state index is 4.91. The molecule has 0 aliphatic rings. The van der Waals surface area contributed by atoms with Crippen molar-refractivity contribution < 1.29 is 9.26 Å². The second-order valence-corrected chi connectivity index (χ2v) is 2.07. The van der Waals surface area contributed by atoms with Gasteiger partial charge >= 0.3 is 0 Å². The molecule has 1 heterocycles. The molecular formula is C7H11NO2. The van der Waals surface area contributed by atoms with E-state index in [0.717, 1.165) is 17.7 Å². The van der Waals surface area contributed by atoms with E-state index in [4.69, 9.17) is 9.26 Å². The average Bonchev–Trinajstić information content (AvgIpc) is 2.36. The zero-order chi connectivity index (χ0) is 7.40. The lowest BCUT2D eigenvalue weighted by Crippen LogP contribution is -1.91. The molecule has 0 aromatic carbocycles. The number of hydrogen-bond donors (Lipinski definition) is 0. The van der Waals surface area contributed by atoms with E-state index < -0.39 is 0 Å². The fourth-order valence-electron chi connectivity index (χ4n) is 0.823. The van der Waals surface area contributed by atoms with Crippen molar-refractivity contribution in [3.8, 4) is 0 Å². The molecule has 0 atom stereocenters. The maximum Gasteiger partial charge on any atom is 0.127 e. The van der Waals surface area contributed by atoms with Crippen molar-refractivity contribution in [3.63, 3.8) is 0 Å². The molecule has 0 N–H and O–H groups in total. The summed E-state index contributed by atoms with van der Waals surface area (Å²) in [5.41, 5.74) is 2.03. The van der Waals surface area contributed by atoms with Crippen molar-refractivity contribution in [2.45, 2.75) is 20.0 Å². The van der Waals surface area contributed by atoms with E-state index in [0.29, 0.717) is 6.61 Å². The Hall–Kier alpha value is -0.830. The van der Waals surface area contributed by atoms with Crippen LogP contribution in [0.5, 0.6) is 0 Å². The molecular weight excluding hydrogens is 130 g/mol. The fourth-order valence-corrected chi connectivity index (χ4v) is 0.823. The van der Waals surface area contributed by atoms with E-state index in [1.54, 1.807) is 13.4 Å². The Morgan fingerprint density at radius 1 is 1.70 bits per heavy atom. The minimum Gasteiger partial charge on any atom is -0.378 e. The summed E-state index contributed by atoms with van der Waals surface area (Å²) in [6.07, 6.45) is 2.61. The van der Waals surface area contributed by atoms with E-state index in [1.807, 2.05) is 0 Å². The van der Waals surface area contributed by atoms with Crippen LogP contribution in [0.3, 0.4) is 0 Å². The molecule has 0 saturated carbocycles. The van der Waals surface area contributed by atoms with Crippen LogP contribution in [0.25, 0.3) is 0 Å². The molecule has 0 fully saturated rings. The summed E-state index contributed by atoms with van der Waals surface area (Å²) in [4.78, 5) is 0. The maximum atomic E-state index is 4.91. The Morgan fingerprint density at radius 2 is 2.50 bits per heavy atom. The standard InChI is InChI=1S/C7H11NO2/c1-3-6-4-10-8-7(6)5-9-2/h4H,3,5H2,1-2H3. The molecule has 0 radical (unpaired) electrons. The summed E-state index contributed by atoms with van der Waals surface area (Å²) in [6, 6.07) is 0. The first kappa shape index (κ1) is 7.28. The molecule has 0 amide bonds. The highest BCUT2D eigenvalue weighted by Crippen LogP contribution is 2.07. The molecule has 0 aliphatic heterocycles. The number of aromatic nitrogens is 1. The minimum atomic E-state index is 0.541. The van der Waals surface area contributed by atoms with Gasteiger partial charge in [0.2, 0.25) is 0 Å². The van der Waals surface area contributed by atoms with Crippen LogP contribution in [-0.4, -0.2) is 12.3 Å². The van der Waals surface area contributed by atoms with Gasteiger partial charge in [-0.1, -0.05) is 12.1 Å². The number of methoxy groups -OCH3 is 1. The highest BCUT2D eigenvalue weighted by atomic mass is 16.5. The van der Waals surface area contributed by atoms with Gasteiger partial charge in [-0.15, -0.1) is 0 Å². The summed E-state index contributed by atoms with van der Waals surface area (Å²) in [5.74, 6) is 0. The third kappa shape index (κ3) is 1.36. The zero-order valence-electron chi connectivity index (χ0n) is 6.26. The molecule has 10 heavy (non-hydrogen) atoms. The molecule has 1 rings (SSSR count). The van der Waals surface area contributed by atoms with Gasteiger partial charge in [0.05, 0.1) is 6.61 Å². The summed E-state index contributed by atoms with van der Waals surface area (Å²) < 4.78 is 9.67. The van der Waals surface area contributed by atoms with Gasteiger partial charge < -0.3 is 9.26 Å². The zero-order valence-corrected chi connectivity index (χ0v) is 6.26. The van der Waals surface area contributed by atoms with Crippen LogP contribution in [0.4, 0.5) is 0 Å². The number of rotatable bonds is 3. The molecule has 1 aromatic heterocycles. The lowest BCUT2D eigenvalue weighted by atomic mass is 10.2. The van der Waals surface area contributed by atoms with Gasteiger partial charge in [-0.05, 0) is 6.42 Å². The Morgan fingerprint density at radius 3 is 3.10 bits per heavy atom. The van der Waals surface area contributed by atoms with E-state index in [2.05, 4.69) is 12.1 Å². The summed E-state index contributed by atoms with van der Waals surface area (Å²) in [6.45, 7) is 2.60. The average molecular weight is 141 g/mol. The second-order valence-electron chi connectivity index (χ2n) is 2.07. The van der Waals surface area contributed by atoms with Crippen LogP contribution in [0.2, 0.25) is 0 Å². The van der Waals surface area contributed by atoms with E-state index in [-0.39, 0.29) is 0 Å². The van der Waals surface area contributed by atoms with Crippen molar-refractivity contribution in [2.24, 2.45) is 0 Å². The van der Waals surface area contributed by atoms with Gasteiger partial charge in [-0.3, -0.25) is 0 Å². The van der Waals surface area contributed by atoms with Crippen molar-refractivity contribution in [3.05, 3.63) is 17.5 Å². The molecule has 0 saturated heterocycles. The molecule has 0 unspecified atom stereocenters. The fraction of sp³-hybridized carbons (Fsp3) is 0.571. The third-order valence-corrected chi connectivity index (χ3v) is 1.39. The van der Waals surface area contributed by atoms with Gasteiger partial charge in [0.1, 0.15) is 12.0 Å². The normalized spacial score (nSPS) is 10.2. The first-order valence-corrected chi connectivity index (χ1v) is 3.29. The molecule has 0 bridgehead atoms. The topological polar surface area (TPSA) is 35.3 Å². The van der Waals surface area contributed by atoms with Gasteiger partial charge in [0.15, 0.2) is 0 Å². The second kappa shape index (κ2) is 3.37. The van der Waals surface area contributed by atoms with Crippen LogP contribution in [0, 0.1) is 0 Å². The summed E-state index contributed by atoms with van der Waals surface area (Å²) in [5, 5.41) is 3.78. The number of hydrogen-bond acceptors (Lipinski definition) is 3. The first-order chi connectivity index (χ1) is 4.88. The third-order valence-electron chi connectivity index (χ3n) is 1.39. The van der Waals surface area contributed by atoms with Crippen LogP contribution < -0.4 is 0 Å². The Bertz CT molecular complexity index is 195. The molecule has 3 heteroatoms. The van der Waals surface area contributed by atoms with Crippen LogP contribution in [-0.2, 0) is 17.8 Å². The Balaban J connectivity index is 2.70. The van der Waals surface area contributed by atoms with Crippen molar-refractivity contribution in [1.29, 1.82) is 0 Å². The highest BCUT2D eigenvalue weighted by molar-refractivity contribution is 5.12. The van der Waals surface area contributed by atoms with Crippen LogP contribution >= 0.6 is 0 Å². The highest BCUT2D eigenvalue weighted by Gasteiger charge is 2.03. The van der Waals surface area contributed by atoms with Crippen LogP contribution in [0.1, 0.15) is 18.2 Å². The molecule has 3 nitrogen and oxygen atoms in total. The monoisotopic (exact) mass is 141 g/mol. The quantitative estimate of drug-likeness (QED) is 0.638.